The van der Waals surface area contributed by atoms with Crippen LogP contribution in [0.15, 0.2) is 16.9 Å². The summed E-state index contributed by atoms with van der Waals surface area (Å²) in [7, 11) is 1.49. The normalized spacial score (nSPS) is 9.40. The van der Waals surface area contributed by atoms with E-state index in [1.807, 2.05) is 0 Å². The minimum atomic E-state index is 0.0469. The molecule has 0 bridgehead atoms. The maximum absolute atomic E-state index is 9.03. The van der Waals surface area contributed by atoms with Crippen LogP contribution in [0.3, 0.4) is 0 Å². The van der Waals surface area contributed by atoms with Crippen LogP contribution in [0.1, 0.15) is 0 Å². The first-order valence-electron chi connectivity index (χ1n) is 2.62. The first-order valence-corrected chi connectivity index (χ1v) is 3.42. The molecule has 0 unspecified atom stereocenters. The van der Waals surface area contributed by atoms with Crippen LogP contribution in [0.25, 0.3) is 0 Å². The Morgan fingerprint density at radius 3 is 2.90 bits per heavy atom. The maximum Gasteiger partial charge on any atom is 0.176 e. The molecule has 1 aromatic heterocycles. The van der Waals surface area contributed by atoms with Gasteiger partial charge in [-0.3, -0.25) is 0 Å². The van der Waals surface area contributed by atoms with Crippen molar-refractivity contribution in [2.75, 3.05) is 7.11 Å². The zero-order valence-corrected chi connectivity index (χ0v) is 6.92. The van der Waals surface area contributed by atoms with E-state index in [1.165, 1.54) is 13.3 Å². The van der Waals surface area contributed by atoms with Crippen molar-refractivity contribution in [2.24, 2.45) is 0 Å². The molecular formula is C6H6BrNO2. The lowest BCUT2D eigenvalue weighted by atomic mass is 10.4. The lowest BCUT2D eigenvalue weighted by Gasteiger charge is -2.00. The zero-order chi connectivity index (χ0) is 7.56. The Labute approximate surface area is 66.8 Å². The predicted molar refractivity (Wildman–Crippen MR) is 40.2 cm³/mol. The fraction of sp³-hybridized carbons (Fsp3) is 0.167. The molecule has 0 aliphatic carbocycles. The van der Waals surface area contributed by atoms with E-state index in [1.54, 1.807) is 6.07 Å². The maximum atomic E-state index is 9.03. The molecule has 0 aromatic carbocycles. The molecule has 10 heavy (non-hydrogen) atoms. The summed E-state index contributed by atoms with van der Waals surface area (Å²) in [6.07, 6.45) is 1.32. The van der Waals surface area contributed by atoms with E-state index < -0.39 is 0 Å². The summed E-state index contributed by atoms with van der Waals surface area (Å²) in [5, 5.41) is 9.03. The van der Waals surface area contributed by atoms with Gasteiger partial charge in [-0.15, -0.1) is 0 Å². The fourth-order valence-electron chi connectivity index (χ4n) is 0.569. The Kier molecular flexibility index (Phi) is 2.11. The van der Waals surface area contributed by atoms with E-state index in [0.29, 0.717) is 10.4 Å². The van der Waals surface area contributed by atoms with Crippen LogP contribution in [0, 0.1) is 0 Å². The number of hydrogen-bond donors (Lipinski definition) is 1. The van der Waals surface area contributed by atoms with Gasteiger partial charge in [0.05, 0.1) is 13.3 Å². The van der Waals surface area contributed by atoms with Gasteiger partial charge < -0.3 is 9.84 Å². The average molecular weight is 204 g/mol. The van der Waals surface area contributed by atoms with Gasteiger partial charge in [0, 0.05) is 6.07 Å². The van der Waals surface area contributed by atoms with E-state index in [0.717, 1.165) is 0 Å². The molecule has 3 nitrogen and oxygen atoms in total. The van der Waals surface area contributed by atoms with E-state index in [2.05, 4.69) is 20.9 Å². The van der Waals surface area contributed by atoms with Crippen molar-refractivity contribution in [2.45, 2.75) is 0 Å². The molecule has 0 aliphatic heterocycles. The standard InChI is InChI=1S/C6H6BrNO2/c1-10-5-2-6(7)8-3-4(5)9/h2-3,9H,1H3. The molecule has 4 heteroatoms. The summed E-state index contributed by atoms with van der Waals surface area (Å²) in [4.78, 5) is 3.77. The monoisotopic (exact) mass is 203 g/mol. The highest BCUT2D eigenvalue weighted by Crippen LogP contribution is 2.26. The van der Waals surface area contributed by atoms with Crippen LogP contribution < -0.4 is 4.74 Å². The molecule has 0 saturated carbocycles. The molecule has 0 spiro atoms. The molecule has 0 fully saturated rings. The highest BCUT2D eigenvalue weighted by molar-refractivity contribution is 9.10. The summed E-state index contributed by atoms with van der Waals surface area (Å²) in [5.74, 6) is 0.465. The number of halogens is 1. The minimum absolute atomic E-state index is 0.0469. The third kappa shape index (κ3) is 1.39. The lowest BCUT2D eigenvalue weighted by molar-refractivity contribution is 0.371. The molecule has 1 rings (SSSR count). The lowest BCUT2D eigenvalue weighted by Crippen LogP contribution is -1.84. The third-order valence-corrected chi connectivity index (χ3v) is 1.47. The Hall–Kier alpha value is -0.770. The topological polar surface area (TPSA) is 42.4 Å². The second kappa shape index (κ2) is 2.88. The van der Waals surface area contributed by atoms with Crippen LogP contribution in [-0.4, -0.2) is 17.2 Å². The Morgan fingerprint density at radius 2 is 2.40 bits per heavy atom. The van der Waals surface area contributed by atoms with E-state index in [4.69, 9.17) is 9.84 Å². The molecule has 0 aliphatic rings. The van der Waals surface area contributed by atoms with Crippen LogP contribution in [-0.2, 0) is 0 Å². The number of ether oxygens (including phenoxy) is 1. The Balaban J connectivity index is 3.09. The Morgan fingerprint density at radius 1 is 1.70 bits per heavy atom. The predicted octanol–water partition coefficient (Wildman–Crippen LogP) is 1.56. The van der Waals surface area contributed by atoms with Gasteiger partial charge in [0.2, 0.25) is 0 Å². The number of pyridine rings is 1. The van der Waals surface area contributed by atoms with Crippen molar-refractivity contribution in [3.63, 3.8) is 0 Å². The van der Waals surface area contributed by atoms with E-state index in [-0.39, 0.29) is 5.75 Å². The molecule has 0 amide bonds. The molecule has 54 valence electrons. The largest absolute Gasteiger partial charge is 0.503 e. The van der Waals surface area contributed by atoms with Crippen LogP contribution in [0.4, 0.5) is 0 Å². The second-order valence-electron chi connectivity index (χ2n) is 1.68. The first-order chi connectivity index (χ1) is 4.74. The van der Waals surface area contributed by atoms with E-state index in [9.17, 15) is 0 Å². The van der Waals surface area contributed by atoms with Crippen LogP contribution in [0.2, 0.25) is 0 Å². The van der Waals surface area contributed by atoms with Crippen molar-refractivity contribution in [1.82, 2.24) is 4.98 Å². The number of aromatic hydroxyl groups is 1. The molecule has 1 N–H and O–H groups in total. The number of hydrogen-bond acceptors (Lipinski definition) is 3. The summed E-state index contributed by atoms with van der Waals surface area (Å²) >= 11 is 3.13. The number of rotatable bonds is 1. The summed E-state index contributed by atoms with van der Waals surface area (Å²) in [5.41, 5.74) is 0. The van der Waals surface area contributed by atoms with Crippen molar-refractivity contribution >= 4 is 15.9 Å². The number of nitrogens with zero attached hydrogens (tertiary/aromatic N) is 1. The summed E-state index contributed by atoms with van der Waals surface area (Å²) < 4.78 is 5.45. The van der Waals surface area contributed by atoms with Gasteiger partial charge in [0.15, 0.2) is 11.5 Å². The van der Waals surface area contributed by atoms with Gasteiger partial charge in [0.1, 0.15) is 4.60 Å². The van der Waals surface area contributed by atoms with Crippen molar-refractivity contribution in [1.29, 1.82) is 0 Å². The van der Waals surface area contributed by atoms with Gasteiger partial charge in [-0.05, 0) is 15.9 Å². The van der Waals surface area contributed by atoms with Crippen LogP contribution in [0.5, 0.6) is 11.5 Å². The number of methoxy groups -OCH3 is 1. The summed E-state index contributed by atoms with van der Waals surface area (Å²) in [6.45, 7) is 0. The minimum Gasteiger partial charge on any atom is -0.503 e. The van der Waals surface area contributed by atoms with Crippen LogP contribution >= 0.6 is 15.9 Å². The quantitative estimate of drug-likeness (QED) is 0.705. The molecule has 1 heterocycles. The van der Waals surface area contributed by atoms with Crippen molar-refractivity contribution < 1.29 is 9.84 Å². The average Bonchev–Trinajstić information content (AvgIpc) is 1.94. The van der Waals surface area contributed by atoms with Gasteiger partial charge in [0.25, 0.3) is 0 Å². The molecular weight excluding hydrogens is 198 g/mol. The highest BCUT2D eigenvalue weighted by atomic mass is 79.9. The first kappa shape index (κ1) is 7.34. The Bertz CT molecular complexity index is 239. The van der Waals surface area contributed by atoms with Crippen molar-refractivity contribution in [3.8, 4) is 11.5 Å². The van der Waals surface area contributed by atoms with Gasteiger partial charge >= 0.3 is 0 Å². The SMILES string of the molecule is COc1cc(Br)ncc1O. The molecule has 0 saturated heterocycles. The molecule has 0 radical (unpaired) electrons. The summed E-state index contributed by atoms with van der Waals surface area (Å²) in [6, 6.07) is 1.59. The third-order valence-electron chi connectivity index (χ3n) is 1.03. The molecule has 1 aromatic rings. The number of aromatic nitrogens is 1. The zero-order valence-electron chi connectivity index (χ0n) is 5.34. The fourth-order valence-corrected chi connectivity index (χ4v) is 0.880. The highest BCUT2D eigenvalue weighted by Gasteiger charge is 2.00. The van der Waals surface area contributed by atoms with Gasteiger partial charge in [-0.1, -0.05) is 0 Å². The van der Waals surface area contributed by atoms with Crippen molar-refractivity contribution in [3.05, 3.63) is 16.9 Å². The van der Waals surface area contributed by atoms with Gasteiger partial charge in [-0.2, -0.15) is 0 Å². The van der Waals surface area contributed by atoms with E-state index >= 15 is 0 Å². The second-order valence-corrected chi connectivity index (χ2v) is 2.49. The molecule has 0 atom stereocenters. The smallest absolute Gasteiger partial charge is 0.176 e. The van der Waals surface area contributed by atoms with Gasteiger partial charge in [-0.25, -0.2) is 4.98 Å².